The lowest BCUT2D eigenvalue weighted by atomic mass is 10.4. The molecule has 2 N–H and O–H groups in total. The Balaban J connectivity index is 1.86. The summed E-state index contributed by atoms with van der Waals surface area (Å²) in [6.45, 7) is 6.82. The Bertz CT molecular complexity index is 508. The van der Waals surface area contributed by atoms with Crippen molar-refractivity contribution in [3.8, 4) is 0 Å². The first-order chi connectivity index (χ1) is 9.81. The molecule has 0 bridgehead atoms. The van der Waals surface area contributed by atoms with Crippen LogP contribution in [-0.2, 0) is 13.0 Å². The van der Waals surface area contributed by atoms with Gasteiger partial charge in [-0.15, -0.1) is 0 Å². The number of nitrogens with zero attached hydrogens (tertiary/aromatic N) is 4. The third kappa shape index (κ3) is 4.22. The molecule has 0 spiro atoms. The maximum absolute atomic E-state index is 4.49. The van der Waals surface area contributed by atoms with Crippen molar-refractivity contribution in [2.45, 2.75) is 33.2 Å². The Labute approximate surface area is 119 Å². The molecule has 6 nitrogen and oxygen atoms in total. The van der Waals surface area contributed by atoms with Crippen molar-refractivity contribution in [1.82, 2.24) is 19.5 Å². The molecular weight excluding hydrogens is 252 g/mol. The zero-order valence-electron chi connectivity index (χ0n) is 12.1. The van der Waals surface area contributed by atoms with Gasteiger partial charge in [-0.1, -0.05) is 6.92 Å². The summed E-state index contributed by atoms with van der Waals surface area (Å²) in [6.07, 6.45) is 7.47. The van der Waals surface area contributed by atoms with Gasteiger partial charge in [0, 0.05) is 44.5 Å². The Hall–Kier alpha value is -2.11. The molecule has 2 aromatic rings. The average Bonchev–Trinajstić information content (AvgIpc) is 2.97. The number of aryl methyl sites for hydroxylation is 2. The maximum atomic E-state index is 4.49. The second-order valence-electron chi connectivity index (χ2n) is 4.52. The smallest absolute Gasteiger partial charge is 0.132 e. The van der Waals surface area contributed by atoms with E-state index in [1.54, 1.807) is 6.20 Å². The summed E-state index contributed by atoms with van der Waals surface area (Å²) in [5.74, 6) is 2.63. The number of aromatic nitrogens is 4. The summed E-state index contributed by atoms with van der Waals surface area (Å²) >= 11 is 0. The zero-order chi connectivity index (χ0) is 14.2. The van der Waals surface area contributed by atoms with E-state index < -0.39 is 0 Å². The summed E-state index contributed by atoms with van der Waals surface area (Å²) < 4.78 is 2.07. The van der Waals surface area contributed by atoms with Gasteiger partial charge in [0.2, 0.25) is 0 Å². The lowest BCUT2D eigenvalue weighted by molar-refractivity contribution is 0.660. The van der Waals surface area contributed by atoms with Gasteiger partial charge >= 0.3 is 0 Å². The second kappa shape index (κ2) is 7.47. The van der Waals surface area contributed by atoms with Crippen molar-refractivity contribution in [1.29, 1.82) is 0 Å². The highest BCUT2D eigenvalue weighted by Crippen LogP contribution is 2.11. The summed E-state index contributed by atoms with van der Waals surface area (Å²) in [4.78, 5) is 13.0. The first kappa shape index (κ1) is 14.3. The van der Waals surface area contributed by atoms with Crippen LogP contribution >= 0.6 is 0 Å². The molecule has 6 heteroatoms. The quantitative estimate of drug-likeness (QED) is 0.722. The lowest BCUT2D eigenvalue weighted by Crippen LogP contribution is -2.10. The highest BCUT2D eigenvalue weighted by Gasteiger charge is 2.02. The minimum absolute atomic E-state index is 0.836. The summed E-state index contributed by atoms with van der Waals surface area (Å²) in [7, 11) is 0. The molecule has 108 valence electrons. The van der Waals surface area contributed by atoms with Crippen LogP contribution in [0.15, 0.2) is 24.8 Å². The molecule has 0 fully saturated rings. The summed E-state index contributed by atoms with van der Waals surface area (Å²) in [5.41, 5.74) is 0. The predicted molar refractivity (Wildman–Crippen MR) is 80.9 cm³/mol. The predicted octanol–water partition coefficient (Wildman–Crippen LogP) is 2.17. The van der Waals surface area contributed by atoms with Gasteiger partial charge in [-0.3, -0.25) is 0 Å². The van der Waals surface area contributed by atoms with Crippen molar-refractivity contribution >= 4 is 11.6 Å². The number of hydrogen-bond acceptors (Lipinski definition) is 5. The molecule has 20 heavy (non-hydrogen) atoms. The average molecular weight is 274 g/mol. The molecule has 0 aliphatic rings. The highest BCUT2D eigenvalue weighted by atomic mass is 15.1. The van der Waals surface area contributed by atoms with E-state index in [1.165, 1.54) is 0 Å². The fourth-order valence-electron chi connectivity index (χ4n) is 1.91. The normalized spacial score (nSPS) is 10.5. The van der Waals surface area contributed by atoms with Crippen LogP contribution < -0.4 is 10.6 Å². The van der Waals surface area contributed by atoms with Crippen molar-refractivity contribution in [2.75, 3.05) is 23.7 Å². The Kier molecular flexibility index (Phi) is 5.34. The van der Waals surface area contributed by atoms with E-state index in [9.17, 15) is 0 Å². The van der Waals surface area contributed by atoms with E-state index in [-0.39, 0.29) is 0 Å². The summed E-state index contributed by atoms with van der Waals surface area (Å²) in [5, 5.41) is 6.59. The Morgan fingerprint density at radius 1 is 1.15 bits per heavy atom. The van der Waals surface area contributed by atoms with E-state index >= 15 is 0 Å². The van der Waals surface area contributed by atoms with E-state index in [1.807, 2.05) is 18.6 Å². The maximum Gasteiger partial charge on any atom is 0.132 e. The monoisotopic (exact) mass is 274 g/mol. The minimum atomic E-state index is 0.836. The number of nitrogens with one attached hydrogen (secondary N) is 2. The van der Waals surface area contributed by atoms with Gasteiger partial charge in [0.25, 0.3) is 0 Å². The topological polar surface area (TPSA) is 67.7 Å². The van der Waals surface area contributed by atoms with Crippen LogP contribution in [0.5, 0.6) is 0 Å². The first-order valence-corrected chi connectivity index (χ1v) is 7.13. The van der Waals surface area contributed by atoms with Crippen LogP contribution in [0.2, 0.25) is 0 Å². The number of hydrogen-bond donors (Lipinski definition) is 2. The molecule has 0 aliphatic heterocycles. The Morgan fingerprint density at radius 2 is 1.95 bits per heavy atom. The molecule has 0 unspecified atom stereocenters. The molecule has 2 heterocycles. The van der Waals surface area contributed by atoms with Crippen LogP contribution in [-0.4, -0.2) is 32.6 Å². The molecule has 0 aliphatic carbocycles. The molecule has 0 saturated heterocycles. The van der Waals surface area contributed by atoms with Crippen LogP contribution in [0.1, 0.15) is 26.1 Å². The fourth-order valence-corrected chi connectivity index (χ4v) is 1.91. The zero-order valence-corrected chi connectivity index (χ0v) is 12.1. The molecule has 2 aromatic heterocycles. The molecule has 0 amide bonds. The first-order valence-electron chi connectivity index (χ1n) is 7.13. The minimum Gasteiger partial charge on any atom is -0.370 e. The SMILES string of the molecule is CCNc1cc(NCCCn2ccnc2)nc(CC)n1. The highest BCUT2D eigenvalue weighted by molar-refractivity contribution is 5.47. The van der Waals surface area contributed by atoms with E-state index in [0.717, 1.165) is 49.9 Å². The molecule has 0 atom stereocenters. The van der Waals surface area contributed by atoms with Gasteiger partial charge < -0.3 is 15.2 Å². The van der Waals surface area contributed by atoms with Gasteiger partial charge in [0.1, 0.15) is 17.5 Å². The number of rotatable bonds is 8. The van der Waals surface area contributed by atoms with Crippen LogP contribution in [0.25, 0.3) is 0 Å². The van der Waals surface area contributed by atoms with Crippen molar-refractivity contribution in [3.63, 3.8) is 0 Å². The number of imidazole rings is 1. The second-order valence-corrected chi connectivity index (χ2v) is 4.52. The van der Waals surface area contributed by atoms with Gasteiger partial charge in [-0.25, -0.2) is 15.0 Å². The van der Waals surface area contributed by atoms with E-state index in [2.05, 4.69) is 44.0 Å². The van der Waals surface area contributed by atoms with Crippen molar-refractivity contribution in [2.24, 2.45) is 0 Å². The lowest BCUT2D eigenvalue weighted by Gasteiger charge is -2.10. The van der Waals surface area contributed by atoms with Gasteiger partial charge in [-0.05, 0) is 13.3 Å². The molecule has 0 radical (unpaired) electrons. The molecule has 0 aromatic carbocycles. The van der Waals surface area contributed by atoms with Crippen LogP contribution in [0.3, 0.4) is 0 Å². The van der Waals surface area contributed by atoms with Crippen LogP contribution in [0.4, 0.5) is 11.6 Å². The fraction of sp³-hybridized carbons (Fsp3) is 0.500. The standard InChI is InChI=1S/C14H22N6/c1-3-12-18-13(16-4-2)10-14(19-12)17-6-5-8-20-9-7-15-11-20/h7,9-11H,3-6,8H2,1-2H3,(H2,16,17,18,19). The molecular formula is C14H22N6. The molecule has 2 rings (SSSR count). The third-order valence-electron chi connectivity index (χ3n) is 2.90. The van der Waals surface area contributed by atoms with Crippen molar-refractivity contribution < 1.29 is 0 Å². The van der Waals surface area contributed by atoms with Crippen LogP contribution in [0, 0.1) is 0 Å². The van der Waals surface area contributed by atoms with Gasteiger partial charge in [0.05, 0.1) is 6.33 Å². The van der Waals surface area contributed by atoms with Gasteiger partial charge in [0.15, 0.2) is 0 Å². The molecule has 0 saturated carbocycles. The Morgan fingerprint density at radius 3 is 2.60 bits per heavy atom. The largest absolute Gasteiger partial charge is 0.370 e. The van der Waals surface area contributed by atoms with Gasteiger partial charge in [-0.2, -0.15) is 0 Å². The van der Waals surface area contributed by atoms with E-state index in [4.69, 9.17) is 0 Å². The van der Waals surface area contributed by atoms with E-state index in [0.29, 0.717) is 0 Å². The third-order valence-corrected chi connectivity index (χ3v) is 2.90. The van der Waals surface area contributed by atoms with Crippen molar-refractivity contribution in [3.05, 3.63) is 30.6 Å². The number of anilines is 2. The summed E-state index contributed by atoms with van der Waals surface area (Å²) in [6, 6.07) is 1.96.